The van der Waals surface area contributed by atoms with Crippen molar-refractivity contribution in [3.8, 4) is 0 Å². The molecule has 1 aromatic carbocycles. The topological polar surface area (TPSA) is 75.6 Å². The van der Waals surface area contributed by atoms with E-state index in [-0.39, 0.29) is 30.1 Å². The number of benzene rings is 1. The van der Waals surface area contributed by atoms with E-state index in [0.717, 1.165) is 6.42 Å². The SMILES string of the molecule is F[C@H]1[CH-]C1.[Li+].[N-]=N/C(=C/CCCCCc1c(F)cccc1F)C(=N)[C-]=O. The van der Waals surface area contributed by atoms with Crippen LogP contribution < -0.4 is 18.9 Å². The molecule has 1 atom stereocenters. The van der Waals surface area contributed by atoms with Gasteiger partial charge >= 0.3 is 18.9 Å². The van der Waals surface area contributed by atoms with Gasteiger partial charge in [0.2, 0.25) is 0 Å². The summed E-state index contributed by atoms with van der Waals surface area (Å²) in [5, 5.41) is 9.96. The molecule has 1 aliphatic carbocycles. The molecule has 4 nitrogen and oxygen atoms in total. The molecule has 0 heterocycles. The van der Waals surface area contributed by atoms with Crippen molar-refractivity contribution in [1.82, 2.24) is 0 Å². The molecule has 0 spiro atoms. The summed E-state index contributed by atoms with van der Waals surface area (Å²) in [6, 6.07) is 3.80. The molecule has 1 N–H and O–H groups in total. The molecule has 0 radical (unpaired) electrons. The Morgan fingerprint density at radius 1 is 1.35 bits per heavy atom. The Labute approximate surface area is 163 Å². The van der Waals surface area contributed by atoms with E-state index in [1.165, 1.54) is 30.6 Å². The van der Waals surface area contributed by atoms with Crippen LogP contribution in [0.4, 0.5) is 13.2 Å². The van der Waals surface area contributed by atoms with Gasteiger partial charge in [-0.05, 0) is 37.6 Å². The van der Waals surface area contributed by atoms with Gasteiger partial charge in [0.15, 0.2) is 0 Å². The van der Waals surface area contributed by atoms with Crippen molar-refractivity contribution >= 4 is 12.0 Å². The summed E-state index contributed by atoms with van der Waals surface area (Å²) in [6.45, 7) is 0. The fourth-order valence-corrected chi connectivity index (χ4v) is 1.93. The van der Waals surface area contributed by atoms with Crippen molar-refractivity contribution in [1.29, 1.82) is 5.41 Å². The second-order valence-electron chi connectivity index (χ2n) is 5.45. The van der Waals surface area contributed by atoms with E-state index in [0.29, 0.717) is 32.1 Å². The van der Waals surface area contributed by atoms with Gasteiger partial charge in [0.25, 0.3) is 0 Å². The first kappa shape index (κ1) is 24.3. The van der Waals surface area contributed by atoms with Gasteiger partial charge in [-0.15, -0.1) is 6.08 Å². The van der Waals surface area contributed by atoms with E-state index in [1.807, 2.05) is 0 Å². The van der Waals surface area contributed by atoms with Crippen LogP contribution in [0.25, 0.3) is 5.53 Å². The number of nitrogens with zero attached hydrogens (tertiary/aromatic N) is 2. The van der Waals surface area contributed by atoms with Crippen LogP contribution in [-0.4, -0.2) is 18.2 Å². The Morgan fingerprint density at radius 3 is 2.38 bits per heavy atom. The molecule has 0 unspecified atom stereocenters. The molecule has 1 fully saturated rings. The van der Waals surface area contributed by atoms with Gasteiger partial charge in [-0.1, -0.05) is 30.3 Å². The third-order valence-corrected chi connectivity index (χ3v) is 3.41. The molecule has 0 amide bonds. The first-order valence-electron chi connectivity index (χ1n) is 7.92. The van der Waals surface area contributed by atoms with E-state index in [4.69, 9.17) is 10.9 Å². The summed E-state index contributed by atoms with van der Waals surface area (Å²) in [6.07, 6.45) is 7.42. The van der Waals surface area contributed by atoms with Crippen LogP contribution in [0.1, 0.15) is 37.7 Å². The first-order valence-corrected chi connectivity index (χ1v) is 7.92. The van der Waals surface area contributed by atoms with Crippen LogP contribution in [0.3, 0.4) is 0 Å². The minimum absolute atomic E-state index is 0. The first-order chi connectivity index (χ1) is 12.0. The molecular formula is C18H19F3LiN3O-2. The fourth-order valence-electron chi connectivity index (χ4n) is 1.93. The van der Waals surface area contributed by atoms with E-state index in [9.17, 15) is 18.0 Å². The molecule has 0 saturated heterocycles. The molecule has 0 aliphatic heterocycles. The largest absolute Gasteiger partial charge is 1.00 e. The zero-order valence-corrected chi connectivity index (χ0v) is 14.6. The minimum atomic E-state index is -0.542. The van der Waals surface area contributed by atoms with Gasteiger partial charge < -0.3 is 20.8 Å². The number of unbranched alkanes of at least 4 members (excludes halogenated alkanes) is 3. The predicted molar refractivity (Wildman–Crippen MR) is 89.6 cm³/mol. The Morgan fingerprint density at radius 2 is 1.92 bits per heavy atom. The quantitative estimate of drug-likeness (QED) is 0.237. The second-order valence-corrected chi connectivity index (χ2v) is 5.45. The molecule has 0 bridgehead atoms. The van der Waals surface area contributed by atoms with Crippen molar-refractivity contribution in [2.75, 3.05) is 0 Å². The Hall–Kier alpha value is -1.71. The van der Waals surface area contributed by atoms with Gasteiger partial charge in [-0.2, -0.15) is 6.42 Å². The number of hydrogen-bond acceptors (Lipinski definition) is 3. The summed E-state index contributed by atoms with van der Waals surface area (Å²) in [5.74, 6) is -1.07. The van der Waals surface area contributed by atoms with Crippen LogP contribution in [0.2, 0.25) is 0 Å². The van der Waals surface area contributed by atoms with Crippen molar-refractivity contribution in [2.24, 2.45) is 5.11 Å². The Kier molecular flexibility index (Phi) is 12.6. The van der Waals surface area contributed by atoms with Crippen molar-refractivity contribution in [3.63, 3.8) is 0 Å². The summed E-state index contributed by atoms with van der Waals surface area (Å²) in [4.78, 5) is 10.2. The summed E-state index contributed by atoms with van der Waals surface area (Å²) >= 11 is 0. The van der Waals surface area contributed by atoms with Crippen LogP contribution in [0.5, 0.6) is 0 Å². The predicted octanol–water partition coefficient (Wildman–Crippen LogP) is 2.04. The Balaban J connectivity index is 0.00000110. The van der Waals surface area contributed by atoms with Gasteiger partial charge in [0, 0.05) is 11.8 Å². The van der Waals surface area contributed by atoms with Crippen molar-refractivity contribution in [3.05, 3.63) is 59.1 Å². The second kappa shape index (κ2) is 13.5. The number of nitrogens with one attached hydrogen (secondary N) is 1. The number of halogens is 3. The fraction of sp³-hybridized carbons (Fsp3) is 0.389. The van der Waals surface area contributed by atoms with E-state index < -0.39 is 23.5 Å². The van der Waals surface area contributed by atoms with Crippen LogP contribution in [0, 0.1) is 23.5 Å². The van der Waals surface area contributed by atoms with Gasteiger partial charge in [-0.3, -0.25) is 10.8 Å². The maximum atomic E-state index is 13.4. The van der Waals surface area contributed by atoms with E-state index in [1.54, 1.807) is 6.42 Å². The third-order valence-electron chi connectivity index (χ3n) is 3.41. The van der Waals surface area contributed by atoms with Crippen LogP contribution in [-0.2, 0) is 11.2 Å². The molecular weight excluding hydrogens is 338 g/mol. The molecule has 8 heteroatoms. The summed E-state index contributed by atoms with van der Waals surface area (Å²) in [5.41, 5.74) is 8.06. The molecule has 2 rings (SSSR count). The standard InChI is InChI=1S/C15H15F2N3O.C3H4F.Li/c16-12-7-5-8-13(17)11(12)6-3-1-2-4-9-15(20-19)14(18)10-21;4-3-1-2-3;/h5,7-9,18H,1-4,6H2;1,3H,2H2;/q-2;-1;+1/b15-9+,18-14?;;/t;3-;/m.0./s1. The molecule has 1 saturated carbocycles. The maximum absolute atomic E-state index is 13.4. The number of carbonyl (C=O) groups excluding carboxylic acids is 1. The summed E-state index contributed by atoms with van der Waals surface area (Å²) in [7, 11) is 0. The number of hydrogen-bond donors (Lipinski definition) is 1. The smallest absolute Gasteiger partial charge is 0.727 e. The van der Waals surface area contributed by atoms with E-state index >= 15 is 0 Å². The van der Waals surface area contributed by atoms with Crippen LogP contribution >= 0.6 is 0 Å². The number of rotatable bonds is 9. The zero-order chi connectivity index (χ0) is 18.7. The van der Waals surface area contributed by atoms with Gasteiger partial charge in [0.05, 0.1) is 0 Å². The van der Waals surface area contributed by atoms with Crippen molar-refractivity contribution in [2.45, 2.75) is 44.7 Å². The molecule has 1 aliphatic rings. The van der Waals surface area contributed by atoms with Crippen LogP contribution in [0.15, 0.2) is 35.1 Å². The Bertz CT molecular complexity index is 614. The molecule has 136 valence electrons. The summed E-state index contributed by atoms with van der Waals surface area (Å²) < 4.78 is 37.8. The minimum Gasteiger partial charge on any atom is -0.727 e. The average molecular weight is 357 g/mol. The third kappa shape index (κ3) is 9.69. The number of alkyl halides is 1. The van der Waals surface area contributed by atoms with Gasteiger partial charge in [-0.25, -0.2) is 8.78 Å². The molecule has 1 aromatic rings. The zero-order valence-electron chi connectivity index (χ0n) is 14.6. The molecule has 26 heavy (non-hydrogen) atoms. The van der Waals surface area contributed by atoms with E-state index in [2.05, 4.69) is 5.11 Å². The maximum Gasteiger partial charge on any atom is 1.00 e. The normalized spacial score (nSPS) is 15.2. The monoisotopic (exact) mass is 357 g/mol. The van der Waals surface area contributed by atoms with Crippen molar-refractivity contribution < 1.29 is 36.8 Å². The number of allylic oxidation sites excluding steroid dienone is 2. The molecule has 0 aromatic heterocycles. The van der Waals surface area contributed by atoms with Gasteiger partial charge in [0.1, 0.15) is 11.6 Å². The average Bonchev–Trinajstić information content (AvgIpc) is 3.38.